The number of nitrogens with zero attached hydrogens (tertiary/aromatic N) is 2. The third-order valence-corrected chi connectivity index (χ3v) is 7.65. The van der Waals surface area contributed by atoms with Crippen LogP contribution in [0.25, 0.3) is 6.08 Å². The van der Waals surface area contributed by atoms with Gasteiger partial charge in [0.15, 0.2) is 11.5 Å². The normalized spacial score (nSPS) is 24.6. The third kappa shape index (κ3) is 3.32. The molecule has 3 aromatic carbocycles. The van der Waals surface area contributed by atoms with Gasteiger partial charge < -0.3 is 19.7 Å². The molecule has 8 nitrogen and oxygen atoms in total. The lowest BCUT2D eigenvalue weighted by Gasteiger charge is -2.35. The second-order valence-electron chi connectivity index (χ2n) is 9.64. The molecule has 4 atom stereocenters. The molecule has 0 saturated carbocycles. The summed E-state index contributed by atoms with van der Waals surface area (Å²) in [5.74, 6) is -1.19. The first kappa shape index (κ1) is 21.7. The molecule has 7 rings (SSSR count). The number of hydrogen-bond donors (Lipinski definition) is 1. The van der Waals surface area contributed by atoms with E-state index in [0.29, 0.717) is 17.2 Å². The lowest BCUT2D eigenvalue weighted by atomic mass is 9.84. The number of benzene rings is 3. The molecule has 3 amide bonds. The molecule has 3 aromatic rings. The highest BCUT2D eigenvalue weighted by molar-refractivity contribution is 6.10. The van der Waals surface area contributed by atoms with Crippen LogP contribution in [0, 0.1) is 11.8 Å². The van der Waals surface area contributed by atoms with E-state index in [9.17, 15) is 14.4 Å². The number of amides is 3. The number of likely N-dealkylation sites (tertiary alicyclic amines) is 1. The zero-order valence-corrected chi connectivity index (χ0v) is 19.7. The number of rotatable bonds is 4. The Morgan fingerprint density at radius 1 is 0.892 bits per heavy atom. The zero-order valence-electron chi connectivity index (χ0n) is 19.7. The Hall–Kier alpha value is -4.59. The summed E-state index contributed by atoms with van der Waals surface area (Å²) in [5.41, 5.74) is 3.34. The van der Waals surface area contributed by atoms with Gasteiger partial charge in [0.05, 0.1) is 24.4 Å². The van der Waals surface area contributed by atoms with Crippen LogP contribution in [0.4, 0.5) is 5.69 Å². The van der Waals surface area contributed by atoms with Gasteiger partial charge in [-0.1, -0.05) is 54.6 Å². The van der Waals surface area contributed by atoms with Crippen LogP contribution in [0.3, 0.4) is 0 Å². The second kappa shape index (κ2) is 8.23. The number of carbonyl (C=O) groups excluding carboxylic acids is 3. The summed E-state index contributed by atoms with van der Waals surface area (Å²) in [4.78, 5) is 44.6. The summed E-state index contributed by atoms with van der Waals surface area (Å²) >= 11 is 0. The van der Waals surface area contributed by atoms with E-state index >= 15 is 0 Å². The van der Waals surface area contributed by atoms with Gasteiger partial charge in [-0.15, -0.1) is 0 Å². The molecule has 4 unspecified atom stereocenters. The molecule has 0 bridgehead atoms. The van der Waals surface area contributed by atoms with E-state index < -0.39 is 23.9 Å². The minimum Gasteiger partial charge on any atom is -0.454 e. The van der Waals surface area contributed by atoms with Crippen LogP contribution in [0.1, 0.15) is 22.7 Å². The summed E-state index contributed by atoms with van der Waals surface area (Å²) in [5, 5.41) is 2.95. The molecular formula is C29H23N3O5. The Balaban J connectivity index is 1.26. The summed E-state index contributed by atoms with van der Waals surface area (Å²) < 4.78 is 10.8. The lowest BCUT2D eigenvalue weighted by molar-refractivity contribution is -0.143. The minimum atomic E-state index is -0.845. The number of anilines is 1. The van der Waals surface area contributed by atoms with Gasteiger partial charge in [0.25, 0.3) is 0 Å². The van der Waals surface area contributed by atoms with Crippen molar-refractivity contribution < 1.29 is 23.9 Å². The first-order valence-electron chi connectivity index (χ1n) is 12.2. The van der Waals surface area contributed by atoms with Crippen molar-refractivity contribution in [3.05, 3.63) is 95.7 Å². The largest absolute Gasteiger partial charge is 0.454 e. The Morgan fingerprint density at radius 3 is 2.51 bits per heavy atom. The highest BCUT2D eigenvalue weighted by Crippen LogP contribution is 2.53. The SMILES string of the molecule is O=C(Nc1ccc2c(c1)OCO2)C1C2C(=O)N(Cc3ccccc3)C(=O)C2C2c3ccccc3C=CN12. The van der Waals surface area contributed by atoms with Gasteiger partial charge >= 0.3 is 0 Å². The number of nitrogens with one attached hydrogen (secondary N) is 1. The van der Waals surface area contributed by atoms with Crippen molar-refractivity contribution in [2.45, 2.75) is 18.6 Å². The zero-order chi connectivity index (χ0) is 25.1. The van der Waals surface area contributed by atoms with Crippen molar-refractivity contribution in [3.63, 3.8) is 0 Å². The predicted molar refractivity (Wildman–Crippen MR) is 134 cm³/mol. The van der Waals surface area contributed by atoms with Gasteiger partial charge in [0.1, 0.15) is 6.04 Å². The lowest BCUT2D eigenvalue weighted by Crippen LogP contribution is -2.46. The summed E-state index contributed by atoms with van der Waals surface area (Å²) in [7, 11) is 0. The van der Waals surface area contributed by atoms with Crippen LogP contribution in [0.2, 0.25) is 0 Å². The summed E-state index contributed by atoms with van der Waals surface area (Å²) in [6.07, 6.45) is 3.78. The van der Waals surface area contributed by atoms with E-state index in [1.165, 1.54) is 4.90 Å². The Bertz CT molecular complexity index is 1470. The molecule has 1 N–H and O–H groups in total. The number of ether oxygens (including phenoxy) is 2. The number of hydrogen-bond acceptors (Lipinski definition) is 6. The topological polar surface area (TPSA) is 88.2 Å². The van der Waals surface area contributed by atoms with Crippen molar-refractivity contribution in [3.8, 4) is 11.5 Å². The molecule has 8 heteroatoms. The van der Waals surface area contributed by atoms with Gasteiger partial charge in [0, 0.05) is 18.0 Å². The molecule has 2 saturated heterocycles. The number of fused-ring (bicyclic) bond motifs is 6. The molecule has 0 aromatic heterocycles. The molecule has 0 spiro atoms. The molecule has 184 valence electrons. The predicted octanol–water partition coefficient (Wildman–Crippen LogP) is 3.57. The molecule has 4 heterocycles. The van der Waals surface area contributed by atoms with Crippen LogP contribution < -0.4 is 14.8 Å². The standard InChI is InChI=1S/C29H23N3O5/c33-27(30-19-10-11-21-22(14-19)37-16-36-21)26-24-23(25-20-9-5-4-8-18(20)12-13-31(25)26)28(34)32(29(24)35)15-17-6-2-1-3-7-17/h1-14,23-26H,15-16H2,(H,30,33). The maximum Gasteiger partial charge on any atom is 0.247 e. The molecule has 4 aliphatic heterocycles. The molecule has 4 aliphatic rings. The number of imide groups is 1. The van der Waals surface area contributed by atoms with Crippen LogP contribution in [0.15, 0.2) is 79.0 Å². The van der Waals surface area contributed by atoms with E-state index in [4.69, 9.17) is 9.47 Å². The first-order chi connectivity index (χ1) is 18.1. The van der Waals surface area contributed by atoms with Crippen molar-refractivity contribution >= 4 is 29.5 Å². The maximum atomic E-state index is 13.8. The third-order valence-electron chi connectivity index (χ3n) is 7.65. The first-order valence-corrected chi connectivity index (χ1v) is 12.2. The van der Waals surface area contributed by atoms with E-state index in [-0.39, 0.29) is 31.1 Å². The maximum absolute atomic E-state index is 13.8. The molecule has 0 radical (unpaired) electrons. The quantitative estimate of drug-likeness (QED) is 0.560. The van der Waals surface area contributed by atoms with Crippen LogP contribution in [-0.4, -0.2) is 40.4 Å². The average Bonchev–Trinajstić information content (AvgIpc) is 3.59. The van der Waals surface area contributed by atoms with Crippen molar-refractivity contribution in [1.29, 1.82) is 0 Å². The Morgan fingerprint density at radius 2 is 1.65 bits per heavy atom. The van der Waals surface area contributed by atoms with Gasteiger partial charge in [-0.05, 0) is 34.9 Å². The highest BCUT2D eigenvalue weighted by atomic mass is 16.7. The van der Waals surface area contributed by atoms with E-state index in [2.05, 4.69) is 5.32 Å². The fourth-order valence-electron chi connectivity index (χ4n) is 6.03. The van der Waals surface area contributed by atoms with Crippen molar-refractivity contribution in [2.24, 2.45) is 11.8 Å². The van der Waals surface area contributed by atoms with Crippen molar-refractivity contribution in [1.82, 2.24) is 9.80 Å². The fraction of sp³-hybridized carbons (Fsp3) is 0.207. The summed E-state index contributed by atoms with van der Waals surface area (Å²) in [6.45, 7) is 0.318. The minimum absolute atomic E-state index is 0.132. The molecular weight excluding hydrogens is 470 g/mol. The van der Waals surface area contributed by atoms with Gasteiger partial charge in [-0.3, -0.25) is 19.3 Å². The smallest absolute Gasteiger partial charge is 0.247 e. The summed E-state index contributed by atoms with van der Waals surface area (Å²) in [6, 6.07) is 21.2. The average molecular weight is 494 g/mol. The van der Waals surface area contributed by atoms with Gasteiger partial charge in [0.2, 0.25) is 24.5 Å². The van der Waals surface area contributed by atoms with Crippen LogP contribution in [-0.2, 0) is 20.9 Å². The highest BCUT2D eigenvalue weighted by Gasteiger charge is 2.64. The molecule has 0 aliphatic carbocycles. The second-order valence-corrected chi connectivity index (χ2v) is 9.64. The van der Waals surface area contributed by atoms with Gasteiger partial charge in [-0.2, -0.15) is 0 Å². The fourth-order valence-corrected chi connectivity index (χ4v) is 6.03. The number of carbonyl (C=O) groups is 3. The van der Waals surface area contributed by atoms with Gasteiger partial charge in [-0.25, -0.2) is 0 Å². The monoisotopic (exact) mass is 493 g/mol. The van der Waals surface area contributed by atoms with E-state index in [1.54, 1.807) is 18.2 Å². The van der Waals surface area contributed by atoms with E-state index in [1.807, 2.05) is 71.8 Å². The van der Waals surface area contributed by atoms with Crippen LogP contribution in [0.5, 0.6) is 11.5 Å². The van der Waals surface area contributed by atoms with E-state index in [0.717, 1.165) is 16.7 Å². The van der Waals surface area contributed by atoms with Crippen LogP contribution >= 0.6 is 0 Å². The molecule has 2 fully saturated rings. The Kier molecular flexibility index (Phi) is 4.82. The molecule has 37 heavy (non-hydrogen) atoms. The van der Waals surface area contributed by atoms with Crippen molar-refractivity contribution in [2.75, 3.05) is 12.1 Å². The Labute approximate surface area is 213 Å².